The van der Waals surface area contributed by atoms with E-state index in [4.69, 9.17) is 16.6 Å². The fraction of sp³-hybridized carbons (Fsp3) is 0.0952. The number of aryl methyl sites for hydroxylation is 1. The molecule has 0 unspecified atom stereocenters. The van der Waals surface area contributed by atoms with Gasteiger partial charge < -0.3 is 14.4 Å². The molecule has 0 saturated heterocycles. The fourth-order valence-corrected chi connectivity index (χ4v) is 3.08. The molecule has 0 atom stereocenters. The van der Waals surface area contributed by atoms with Gasteiger partial charge in [0.1, 0.15) is 11.4 Å². The fourth-order valence-electron chi connectivity index (χ4n) is 3.08. The zero-order valence-electron chi connectivity index (χ0n) is 15.0. The average molecular weight is 369 g/mol. The number of hydrogen-bond acceptors (Lipinski definition) is 4. The van der Waals surface area contributed by atoms with E-state index < -0.39 is 0 Å². The number of aromatic hydroxyl groups is 1. The molecule has 0 aliphatic heterocycles. The van der Waals surface area contributed by atoms with E-state index in [2.05, 4.69) is 15.0 Å². The van der Waals surface area contributed by atoms with Crippen LogP contribution in [0.1, 0.15) is 17.0 Å². The second-order valence-corrected chi connectivity index (χ2v) is 6.33. The first-order valence-corrected chi connectivity index (χ1v) is 8.50. The number of fused-ring (bicyclic) bond motifs is 1. The molecule has 0 amide bonds. The number of aromatic nitrogens is 3. The molecule has 2 aromatic carbocycles. The van der Waals surface area contributed by atoms with Gasteiger partial charge in [-0.25, -0.2) is 4.85 Å². The maximum absolute atomic E-state index is 10.5. The number of hydrogen-bond donors (Lipinski definition) is 2. The smallest absolute Gasteiger partial charge is 0.199 e. The van der Waals surface area contributed by atoms with Crippen LogP contribution in [-0.2, 0) is 6.54 Å². The molecule has 4 aromatic rings. The number of rotatable bonds is 4. The van der Waals surface area contributed by atoms with Crippen LogP contribution in [0.4, 0.5) is 5.69 Å². The van der Waals surface area contributed by atoms with Gasteiger partial charge in [0.15, 0.2) is 17.3 Å². The zero-order valence-corrected chi connectivity index (χ0v) is 15.0. The predicted molar refractivity (Wildman–Crippen MR) is 104 cm³/mol. The summed E-state index contributed by atoms with van der Waals surface area (Å²) in [6.45, 7) is 9.30. The van der Waals surface area contributed by atoms with Crippen LogP contribution in [-0.4, -0.2) is 19.9 Å². The molecular formula is C21H15N5O2. The Bertz CT molecular complexity index is 1240. The Balaban J connectivity index is 1.69. The van der Waals surface area contributed by atoms with E-state index in [1.165, 1.54) is 6.07 Å². The molecule has 0 bridgehead atoms. The Kier molecular flexibility index (Phi) is 4.19. The summed E-state index contributed by atoms with van der Waals surface area (Å²) < 4.78 is 7.67. The number of H-pyrrole nitrogens is 1. The van der Waals surface area contributed by atoms with Crippen LogP contribution in [0.3, 0.4) is 0 Å². The number of nitrogens with one attached hydrogen (secondary N) is 1. The largest absolute Gasteiger partial charge is 0.494 e. The Labute approximate surface area is 160 Å². The summed E-state index contributed by atoms with van der Waals surface area (Å²) in [5.74, 6) is 1.05. The van der Waals surface area contributed by atoms with Gasteiger partial charge in [-0.1, -0.05) is 18.2 Å². The topological polar surface area (TPSA) is 91.2 Å². The van der Waals surface area contributed by atoms with Crippen molar-refractivity contribution >= 4 is 16.5 Å². The maximum Gasteiger partial charge on any atom is 0.199 e. The lowest BCUT2D eigenvalue weighted by Gasteiger charge is -2.09. The minimum atomic E-state index is 0.156. The number of nitrogens with zero attached hydrogens (tertiary/aromatic N) is 4. The summed E-state index contributed by atoms with van der Waals surface area (Å²) >= 11 is 0. The first-order chi connectivity index (χ1) is 13.6. The van der Waals surface area contributed by atoms with E-state index in [1.54, 1.807) is 16.7 Å². The third kappa shape index (κ3) is 3.02. The number of ether oxygens (including phenoxy) is 1. The highest BCUT2D eigenvalue weighted by Crippen LogP contribution is 2.33. The van der Waals surface area contributed by atoms with E-state index in [0.29, 0.717) is 40.7 Å². The second-order valence-electron chi connectivity index (χ2n) is 6.33. The molecule has 0 radical (unpaired) electrons. The molecule has 0 aliphatic carbocycles. The average Bonchev–Trinajstić information content (AvgIpc) is 3.22. The monoisotopic (exact) mass is 369 g/mol. The molecule has 136 valence electrons. The van der Waals surface area contributed by atoms with E-state index in [9.17, 15) is 5.11 Å². The minimum absolute atomic E-state index is 0.156. The van der Waals surface area contributed by atoms with Gasteiger partial charge in [0.05, 0.1) is 24.9 Å². The Morgan fingerprint density at radius 1 is 1.32 bits per heavy atom. The predicted octanol–water partition coefficient (Wildman–Crippen LogP) is 4.64. The number of benzene rings is 2. The SMILES string of the molecule is [C-]#[N+]c1cc(C#N)cc(Oc2c(Cn3cc4ccccc4c3O)n[nH]c2C)c1. The molecular weight excluding hydrogens is 354 g/mol. The zero-order chi connectivity index (χ0) is 19.7. The number of aromatic amines is 1. The van der Waals surface area contributed by atoms with Crippen LogP contribution in [0.15, 0.2) is 48.7 Å². The molecule has 2 heterocycles. The van der Waals surface area contributed by atoms with Crippen molar-refractivity contribution in [1.82, 2.24) is 14.8 Å². The second kappa shape index (κ2) is 6.82. The third-order valence-electron chi connectivity index (χ3n) is 4.42. The summed E-state index contributed by atoms with van der Waals surface area (Å²) in [5, 5.41) is 28.5. The van der Waals surface area contributed by atoms with E-state index in [-0.39, 0.29) is 5.88 Å². The third-order valence-corrected chi connectivity index (χ3v) is 4.42. The highest BCUT2D eigenvalue weighted by Gasteiger charge is 2.17. The van der Waals surface area contributed by atoms with Crippen LogP contribution in [0, 0.1) is 24.8 Å². The molecule has 0 aliphatic rings. The van der Waals surface area contributed by atoms with Crippen molar-refractivity contribution in [2.24, 2.45) is 0 Å². The van der Waals surface area contributed by atoms with Gasteiger partial charge in [-0.15, -0.1) is 0 Å². The van der Waals surface area contributed by atoms with Crippen molar-refractivity contribution in [1.29, 1.82) is 5.26 Å². The maximum atomic E-state index is 10.5. The lowest BCUT2D eigenvalue weighted by Crippen LogP contribution is -2.00. The summed E-state index contributed by atoms with van der Waals surface area (Å²) in [6.07, 6.45) is 1.85. The molecule has 2 N–H and O–H groups in total. The molecule has 0 fully saturated rings. The van der Waals surface area contributed by atoms with E-state index >= 15 is 0 Å². The standard InChI is InChI=1S/C21H15N5O2/c1-13-20(28-17-8-14(10-22)7-16(9-17)23-2)19(25-24-13)12-26-11-15-5-3-4-6-18(15)21(26)27/h3-9,11,27H,12H2,1H3,(H,24,25). The van der Waals surface area contributed by atoms with Crippen molar-refractivity contribution in [3.8, 4) is 23.4 Å². The van der Waals surface area contributed by atoms with Crippen molar-refractivity contribution in [2.75, 3.05) is 0 Å². The molecule has 0 saturated carbocycles. The summed E-state index contributed by atoms with van der Waals surface area (Å²) in [7, 11) is 0. The summed E-state index contributed by atoms with van der Waals surface area (Å²) in [6, 6.07) is 14.3. The van der Waals surface area contributed by atoms with Gasteiger partial charge in [-0.3, -0.25) is 5.10 Å². The normalized spacial score (nSPS) is 10.5. The van der Waals surface area contributed by atoms with Crippen LogP contribution < -0.4 is 4.74 Å². The van der Waals surface area contributed by atoms with Crippen molar-refractivity contribution in [3.05, 3.63) is 77.0 Å². The van der Waals surface area contributed by atoms with E-state index in [0.717, 1.165) is 10.8 Å². The Morgan fingerprint density at radius 2 is 2.14 bits per heavy atom. The first kappa shape index (κ1) is 17.2. The molecule has 4 rings (SSSR count). The Morgan fingerprint density at radius 3 is 2.89 bits per heavy atom. The van der Waals surface area contributed by atoms with Crippen molar-refractivity contribution in [2.45, 2.75) is 13.5 Å². The molecule has 7 heteroatoms. The van der Waals surface area contributed by atoms with Gasteiger partial charge in [-0.2, -0.15) is 10.4 Å². The summed E-state index contributed by atoms with van der Waals surface area (Å²) in [4.78, 5) is 3.38. The molecule has 7 nitrogen and oxygen atoms in total. The van der Waals surface area contributed by atoms with Gasteiger partial charge in [0.2, 0.25) is 0 Å². The van der Waals surface area contributed by atoms with Gasteiger partial charge in [0.25, 0.3) is 0 Å². The van der Waals surface area contributed by atoms with E-state index in [1.807, 2.05) is 43.5 Å². The highest BCUT2D eigenvalue weighted by molar-refractivity contribution is 5.87. The highest BCUT2D eigenvalue weighted by atomic mass is 16.5. The van der Waals surface area contributed by atoms with Gasteiger partial charge in [-0.05, 0) is 31.2 Å². The lowest BCUT2D eigenvalue weighted by atomic mass is 10.2. The van der Waals surface area contributed by atoms with Crippen LogP contribution in [0.2, 0.25) is 0 Å². The van der Waals surface area contributed by atoms with Crippen molar-refractivity contribution in [3.63, 3.8) is 0 Å². The molecule has 0 spiro atoms. The molecule has 2 aromatic heterocycles. The quantitative estimate of drug-likeness (QED) is 0.513. The first-order valence-electron chi connectivity index (χ1n) is 8.50. The summed E-state index contributed by atoms with van der Waals surface area (Å²) in [5.41, 5.74) is 1.98. The van der Waals surface area contributed by atoms with Crippen LogP contribution in [0.5, 0.6) is 17.4 Å². The van der Waals surface area contributed by atoms with Crippen LogP contribution in [0.25, 0.3) is 15.6 Å². The Hall–Kier alpha value is -4.23. The number of nitriles is 1. The van der Waals surface area contributed by atoms with Gasteiger partial charge >= 0.3 is 0 Å². The van der Waals surface area contributed by atoms with Gasteiger partial charge in [0, 0.05) is 22.5 Å². The lowest BCUT2D eigenvalue weighted by molar-refractivity contribution is 0.425. The van der Waals surface area contributed by atoms with Crippen molar-refractivity contribution < 1.29 is 9.84 Å². The molecule has 28 heavy (non-hydrogen) atoms. The minimum Gasteiger partial charge on any atom is -0.494 e. The van der Waals surface area contributed by atoms with Crippen LogP contribution >= 0.6 is 0 Å².